The van der Waals surface area contributed by atoms with Gasteiger partial charge in [0.1, 0.15) is 12.4 Å². The Morgan fingerprint density at radius 3 is 2.26 bits per heavy atom. The van der Waals surface area contributed by atoms with Gasteiger partial charge in [0.25, 0.3) is 0 Å². The van der Waals surface area contributed by atoms with E-state index in [1.165, 1.54) is 5.56 Å². The molecule has 4 heteroatoms. The summed E-state index contributed by atoms with van der Waals surface area (Å²) in [4.78, 5) is 10.9. The monoisotopic (exact) mass is 361 g/mol. The fourth-order valence-corrected chi connectivity index (χ4v) is 2.71. The lowest BCUT2D eigenvalue weighted by molar-refractivity contribution is 0.0697. The standard InChI is InChI=1S/C23H23NO3/c1-17-5-7-19(8-6-17)16-27-22-4-2-3-20(13-22)15-24-14-18-9-11-21(12-10-18)23(25)26/h2-13,24H,14-16H2,1H3,(H,25,26). The molecule has 0 atom stereocenters. The molecule has 0 saturated heterocycles. The molecule has 0 saturated carbocycles. The minimum Gasteiger partial charge on any atom is -0.489 e. The Kier molecular flexibility index (Phi) is 6.23. The van der Waals surface area contributed by atoms with Crippen molar-refractivity contribution in [3.8, 4) is 5.75 Å². The van der Waals surface area contributed by atoms with Crippen LogP contribution in [0.25, 0.3) is 0 Å². The first-order valence-corrected chi connectivity index (χ1v) is 8.90. The first kappa shape index (κ1) is 18.7. The van der Waals surface area contributed by atoms with Gasteiger partial charge in [-0.3, -0.25) is 0 Å². The summed E-state index contributed by atoms with van der Waals surface area (Å²) in [5, 5.41) is 12.3. The van der Waals surface area contributed by atoms with Crippen LogP contribution in [0.5, 0.6) is 5.75 Å². The van der Waals surface area contributed by atoms with Gasteiger partial charge < -0.3 is 15.2 Å². The highest BCUT2D eigenvalue weighted by Crippen LogP contribution is 2.16. The maximum Gasteiger partial charge on any atom is 0.335 e. The zero-order valence-electron chi connectivity index (χ0n) is 15.3. The molecular weight excluding hydrogens is 338 g/mol. The molecule has 0 unspecified atom stereocenters. The van der Waals surface area contributed by atoms with Gasteiger partial charge in [-0.1, -0.05) is 54.1 Å². The van der Waals surface area contributed by atoms with E-state index in [4.69, 9.17) is 9.84 Å². The normalized spacial score (nSPS) is 10.6. The number of benzene rings is 3. The summed E-state index contributed by atoms with van der Waals surface area (Å²) in [6, 6.07) is 23.3. The predicted molar refractivity (Wildman–Crippen MR) is 106 cm³/mol. The summed E-state index contributed by atoms with van der Waals surface area (Å²) < 4.78 is 5.89. The lowest BCUT2D eigenvalue weighted by Crippen LogP contribution is -2.12. The van der Waals surface area contributed by atoms with E-state index in [0.717, 1.165) is 22.4 Å². The van der Waals surface area contributed by atoms with Crippen LogP contribution >= 0.6 is 0 Å². The number of hydrogen-bond donors (Lipinski definition) is 2. The van der Waals surface area contributed by atoms with Gasteiger partial charge in [0, 0.05) is 13.1 Å². The maximum atomic E-state index is 10.9. The third kappa shape index (κ3) is 5.69. The Bertz CT molecular complexity index is 886. The molecule has 3 rings (SSSR count). The summed E-state index contributed by atoms with van der Waals surface area (Å²) in [5.74, 6) is -0.0577. The molecule has 3 aromatic rings. The predicted octanol–water partition coefficient (Wildman–Crippen LogP) is 4.56. The van der Waals surface area contributed by atoms with Gasteiger partial charge in [-0.15, -0.1) is 0 Å². The van der Waals surface area contributed by atoms with Crippen molar-refractivity contribution in [1.29, 1.82) is 0 Å². The summed E-state index contributed by atoms with van der Waals surface area (Å²) in [6.45, 7) is 4.01. The van der Waals surface area contributed by atoms with E-state index in [0.29, 0.717) is 25.3 Å². The lowest BCUT2D eigenvalue weighted by Gasteiger charge is -2.10. The van der Waals surface area contributed by atoms with E-state index in [1.807, 2.05) is 30.3 Å². The molecule has 0 aromatic heterocycles. The maximum absolute atomic E-state index is 10.9. The van der Waals surface area contributed by atoms with Crippen LogP contribution in [-0.4, -0.2) is 11.1 Å². The molecule has 0 aliphatic heterocycles. The fraction of sp³-hybridized carbons (Fsp3) is 0.174. The first-order valence-electron chi connectivity index (χ1n) is 8.90. The average Bonchev–Trinajstić information content (AvgIpc) is 2.68. The molecule has 0 aliphatic carbocycles. The van der Waals surface area contributed by atoms with Crippen LogP contribution in [0.2, 0.25) is 0 Å². The highest BCUT2D eigenvalue weighted by molar-refractivity contribution is 5.87. The Morgan fingerprint density at radius 2 is 1.56 bits per heavy atom. The molecule has 0 amide bonds. The molecular formula is C23H23NO3. The van der Waals surface area contributed by atoms with Gasteiger partial charge >= 0.3 is 5.97 Å². The molecule has 0 radical (unpaired) electrons. The lowest BCUT2D eigenvalue weighted by atomic mass is 10.1. The quantitative estimate of drug-likeness (QED) is 0.617. The third-order valence-electron chi connectivity index (χ3n) is 4.28. The summed E-state index contributed by atoms with van der Waals surface area (Å²) in [5.41, 5.74) is 4.88. The largest absolute Gasteiger partial charge is 0.489 e. The van der Waals surface area contributed by atoms with Crippen molar-refractivity contribution in [1.82, 2.24) is 5.32 Å². The smallest absolute Gasteiger partial charge is 0.335 e. The second-order valence-corrected chi connectivity index (χ2v) is 6.53. The van der Waals surface area contributed by atoms with E-state index in [1.54, 1.807) is 12.1 Å². The SMILES string of the molecule is Cc1ccc(COc2cccc(CNCc3ccc(C(=O)O)cc3)c2)cc1. The molecule has 3 aromatic carbocycles. The van der Waals surface area contributed by atoms with Crippen LogP contribution in [0.15, 0.2) is 72.8 Å². The van der Waals surface area contributed by atoms with Crippen molar-refractivity contribution in [3.63, 3.8) is 0 Å². The number of nitrogens with one attached hydrogen (secondary N) is 1. The Hall–Kier alpha value is -3.11. The number of carboxylic acid groups (broad SMARTS) is 1. The topological polar surface area (TPSA) is 58.6 Å². The highest BCUT2D eigenvalue weighted by Gasteiger charge is 2.02. The van der Waals surface area contributed by atoms with E-state index >= 15 is 0 Å². The summed E-state index contributed by atoms with van der Waals surface area (Å²) in [7, 11) is 0. The average molecular weight is 361 g/mol. The first-order chi connectivity index (χ1) is 13.1. The Balaban J connectivity index is 1.49. The van der Waals surface area contributed by atoms with E-state index in [9.17, 15) is 4.79 Å². The zero-order chi connectivity index (χ0) is 19.1. The zero-order valence-corrected chi connectivity index (χ0v) is 15.3. The van der Waals surface area contributed by atoms with Crippen molar-refractivity contribution in [2.24, 2.45) is 0 Å². The van der Waals surface area contributed by atoms with Gasteiger partial charge in [0.05, 0.1) is 5.56 Å². The molecule has 0 spiro atoms. The van der Waals surface area contributed by atoms with Crippen LogP contribution in [0.4, 0.5) is 0 Å². The van der Waals surface area contributed by atoms with Crippen LogP contribution in [0, 0.1) is 6.92 Å². The van der Waals surface area contributed by atoms with Gasteiger partial charge in [0.15, 0.2) is 0 Å². The fourth-order valence-electron chi connectivity index (χ4n) is 2.71. The number of carbonyl (C=O) groups is 1. The van der Waals surface area contributed by atoms with Crippen LogP contribution < -0.4 is 10.1 Å². The highest BCUT2D eigenvalue weighted by atomic mass is 16.5. The van der Waals surface area contributed by atoms with Gasteiger partial charge in [0.2, 0.25) is 0 Å². The van der Waals surface area contributed by atoms with Crippen LogP contribution in [0.1, 0.15) is 32.6 Å². The number of carboxylic acids is 1. The minimum absolute atomic E-state index is 0.303. The van der Waals surface area contributed by atoms with Crippen LogP contribution in [-0.2, 0) is 19.7 Å². The second-order valence-electron chi connectivity index (χ2n) is 6.53. The van der Waals surface area contributed by atoms with E-state index < -0.39 is 5.97 Å². The van der Waals surface area contributed by atoms with Gasteiger partial charge in [-0.2, -0.15) is 0 Å². The van der Waals surface area contributed by atoms with Crippen molar-refractivity contribution < 1.29 is 14.6 Å². The Morgan fingerprint density at radius 1 is 0.889 bits per heavy atom. The van der Waals surface area contributed by atoms with Gasteiger partial charge in [-0.25, -0.2) is 4.79 Å². The second kappa shape index (κ2) is 9.01. The van der Waals surface area contributed by atoms with E-state index in [2.05, 4.69) is 42.6 Å². The molecule has 0 aliphatic rings. The number of rotatable bonds is 8. The molecule has 0 bridgehead atoms. The van der Waals surface area contributed by atoms with Crippen molar-refractivity contribution >= 4 is 5.97 Å². The molecule has 0 fully saturated rings. The summed E-state index contributed by atoms with van der Waals surface area (Å²) >= 11 is 0. The number of ether oxygens (including phenoxy) is 1. The van der Waals surface area contributed by atoms with Crippen molar-refractivity contribution in [2.45, 2.75) is 26.6 Å². The van der Waals surface area contributed by atoms with Gasteiger partial charge in [-0.05, 0) is 47.9 Å². The van der Waals surface area contributed by atoms with Crippen LogP contribution in [0.3, 0.4) is 0 Å². The van der Waals surface area contributed by atoms with Crippen molar-refractivity contribution in [3.05, 3.63) is 101 Å². The number of hydrogen-bond acceptors (Lipinski definition) is 3. The molecule has 4 nitrogen and oxygen atoms in total. The molecule has 0 heterocycles. The van der Waals surface area contributed by atoms with Crippen molar-refractivity contribution in [2.75, 3.05) is 0 Å². The molecule has 2 N–H and O–H groups in total. The summed E-state index contributed by atoms with van der Waals surface area (Å²) in [6.07, 6.45) is 0. The Labute approximate surface area is 159 Å². The number of aryl methyl sites for hydroxylation is 1. The molecule has 138 valence electrons. The minimum atomic E-state index is -0.906. The number of aromatic carboxylic acids is 1. The third-order valence-corrected chi connectivity index (χ3v) is 4.28. The van der Waals surface area contributed by atoms with E-state index in [-0.39, 0.29) is 0 Å². The molecule has 27 heavy (non-hydrogen) atoms.